The van der Waals surface area contributed by atoms with Crippen LogP contribution in [0.4, 0.5) is 0 Å². The molecule has 0 radical (unpaired) electrons. The molecular weight excluding hydrogens is 484 g/mol. The van der Waals surface area contributed by atoms with Crippen molar-refractivity contribution in [1.82, 2.24) is 5.43 Å². The Balaban J connectivity index is 1.60. The van der Waals surface area contributed by atoms with Gasteiger partial charge in [-0.1, -0.05) is 46.3 Å². The number of hydrazone groups is 1. The van der Waals surface area contributed by atoms with E-state index in [2.05, 4.69) is 26.5 Å². The van der Waals surface area contributed by atoms with Crippen LogP contribution in [-0.4, -0.2) is 25.2 Å². The summed E-state index contributed by atoms with van der Waals surface area (Å²) in [5.74, 6) is 0.111. The topological polar surface area (TPSA) is 77.0 Å². The van der Waals surface area contributed by atoms with E-state index in [1.165, 1.54) is 6.21 Å². The van der Waals surface area contributed by atoms with E-state index in [-0.39, 0.29) is 5.91 Å². The lowest BCUT2D eigenvalue weighted by Crippen LogP contribution is -2.17. The fourth-order valence-electron chi connectivity index (χ4n) is 3.20. The van der Waals surface area contributed by atoms with Gasteiger partial charge in [0.1, 0.15) is 11.5 Å². The molecule has 0 saturated carbocycles. The molecule has 0 heterocycles. The maximum absolute atomic E-state index is 12.7. The summed E-state index contributed by atoms with van der Waals surface area (Å²) >= 11 is 3.34. The predicted molar refractivity (Wildman–Crippen MR) is 131 cm³/mol. The number of rotatable bonds is 6. The highest BCUT2D eigenvalue weighted by Gasteiger charge is 2.14. The van der Waals surface area contributed by atoms with Crippen LogP contribution in [0.2, 0.25) is 0 Å². The third kappa shape index (κ3) is 5.27. The molecule has 0 atom stereocenters. The fraction of sp³-hybridized carbons (Fsp3) is 0.0385. The largest absolute Gasteiger partial charge is 0.497 e. The normalized spacial score (nSPS) is 10.8. The number of benzene rings is 4. The molecule has 1 N–H and O–H groups in total. The fourth-order valence-corrected chi connectivity index (χ4v) is 3.47. The molecule has 0 spiro atoms. The van der Waals surface area contributed by atoms with Crippen LogP contribution < -0.4 is 14.9 Å². The van der Waals surface area contributed by atoms with Gasteiger partial charge in [-0.3, -0.25) is 4.79 Å². The Hall–Kier alpha value is -3.97. The first-order chi connectivity index (χ1) is 16.0. The number of methoxy groups -OCH3 is 1. The zero-order valence-electron chi connectivity index (χ0n) is 17.6. The molecule has 4 aromatic rings. The summed E-state index contributed by atoms with van der Waals surface area (Å²) in [7, 11) is 1.56. The second-order valence-electron chi connectivity index (χ2n) is 7.02. The zero-order chi connectivity index (χ0) is 23.2. The number of carbonyl (C=O) groups excluding carboxylic acids is 2. The molecule has 4 rings (SSSR count). The third-order valence-corrected chi connectivity index (χ3v) is 5.45. The van der Waals surface area contributed by atoms with Gasteiger partial charge in [0.05, 0.1) is 18.9 Å². The Morgan fingerprint density at radius 1 is 0.879 bits per heavy atom. The Kier molecular flexibility index (Phi) is 6.80. The molecule has 7 heteroatoms. The van der Waals surface area contributed by atoms with Gasteiger partial charge in [0.25, 0.3) is 5.91 Å². The molecule has 0 aliphatic heterocycles. The van der Waals surface area contributed by atoms with Crippen molar-refractivity contribution < 1.29 is 19.1 Å². The summed E-state index contributed by atoms with van der Waals surface area (Å²) < 4.78 is 11.7. The summed E-state index contributed by atoms with van der Waals surface area (Å²) in [5.41, 5.74) is 3.95. The van der Waals surface area contributed by atoms with Gasteiger partial charge in [0, 0.05) is 15.6 Å². The lowest BCUT2D eigenvalue weighted by molar-refractivity contribution is 0.0734. The first-order valence-electron chi connectivity index (χ1n) is 10.0. The van der Waals surface area contributed by atoms with Gasteiger partial charge in [-0.05, 0) is 65.4 Å². The number of fused-ring (bicyclic) bond motifs is 1. The average Bonchev–Trinajstić information content (AvgIpc) is 2.85. The molecule has 0 saturated heterocycles. The molecule has 4 aromatic carbocycles. The first-order valence-corrected chi connectivity index (χ1v) is 10.8. The summed E-state index contributed by atoms with van der Waals surface area (Å²) in [6, 6.07) is 24.8. The molecule has 0 fully saturated rings. The number of nitrogens with zero attached hydrogens (tertiary/aromatic N) is 1. The molecule has 6 nitrogen and oxygen atoms in total. The highest BCUT2D eigenvalue weighted by molar-refractivity contribution is 9.10. The van der Waals surface area contributed by atoms with Gasteiger partial charge in [-0.25, -0.2) is 10.2 Å². The van der Waals surface area contributed by atoms with Crippen molar-refractivity contribution in [3.05, 3.63) is 106 Å². The Bertz CT molecular complexity index is 1330. The highest BCUT2D eigenvalue weighted by atomic mass is 79.9. The third-order valence-electron chi connectivity index (χ3n) is 4.93. The van der Waals surface area contributed by atoms with Crippen LogP contribution in [0.25, 0.3) is 10.8 Å². The molecule has 0 aromatic heterocycles. The Morgan fingerprint density at radius 2 is 1.58 bits per heavy atom. The second-order valence-corrected chi connectivity index (χ2v) is 7.94. The molecule has 1 amide bonds. The van der Waals surface area contributed by atoms with Crippen LogP contribution in [0.15, 0.2) is 94.5 Å². The van der Waals surface area contributed by atoms with E-state index < -0.39 is 5.97 Å². The van der Waals surface area contributed by atoms with Crippen LogP contribution in [0, 0.1) is 0 Å². The van der Waals surface area contributed by atoms with E-state index in [9.17, 15) is 9.59 Å². The average molecular weight is 503 g/mol. The van der Waals surface area contributed by atoms with E-state index in [4.69, 9.17) is 9.47 Å². The van der Waals surface area contributed by atoms with Crippen molar-refractivity contribution in [3.8, 4) is 11.5 Å². The minimum atomic E-state index is -0.513. The number of carbonyl (C=O) groups is 2. The van der Waals surface area contributed by atoms with Crippen molar-refractivity contribution >= 4 is 44.8 Å². The molecule has 33 heavy (non-hydrogen) atoms. The van der Waals surface area contributed by atoms with Crippen molar-refractivity contribution in [2.24, 2.45) is 5.10 Å². The zero-order valence-corrected chi connectivity index (χ0v) is 19.2. The maximum Gasteiger partial charge on any atom is 0.343 e. The van der Waals surface area contributed by atoms with Crippen LogP contribution in [-0.2, 0) is 0 Å². The van der Waals surface area contributed by atoms with Crippen molar-refractivity contribution in [2.75, 3.05) is 7.11 Å². The van der Waals surface area contributed by atoms with Gasteiger partial charge in [-0.15, -0.1) is 0 Å². The van der Waals surface area contributed by atoms with Crippen LogP contribution in [0.1, 0.15) is 26.3 Å². The van der Waals surface area contributed by atoms with E-state index >= 15 is 0 Å². The van der Waals surface area contributed by atoms with E-state index in [0.29, 0.717) is 28.2 Å². The van der Waals surface area contributed by atoms with E-state index in [1.54, 1.807) is 61.7 Å². The van der Waals surface area contributed by atoms with Gasteiger partial charge in [0.15, 0.2) is 0 Å². The van der Waals surface area contributed by atoms with Crippen LogP contribution >= 0.6 is 15.9 Å². The SMILES string of the molecule is COc1ccc(C(=O)Oc2ccc3ccccc3c2/C=N/NC(=O)c2ccc(Br)cc2)cc1. The summed E-state index contributed by atoms with van der Waals surface area (Å²) in [6.07, 6.45) is 1.48. The van der Waals surface area contributed by atoms with E-state index in [1.807, 2.05) is 30.3 Å². The van der Waals surface area contributed by atoms with Crippen molar-refractivity contribution in [3.63, 3.8) is 0 Å². The Morgan fingerprint density at radius 3 is 2.30 bits per heavy atom. The molecule has 0 aliphatic carbocycles. The number of ether oxygens (including phenoxy) is 2. The van der Waals surface area contributed by atoms with Crippen molar-refractivity contribution in [2.45, 2.75) is 0 Å². The Labute approximate surface area is 199 Å². The number of esters is 1. The lowest BCUT2D eigenvalue weighted by Gasteiger charge is -2.11. The number of amides is 1. The quantitative estimate of drug-likeness (QED) is 0.161. The summed E-state index contributed by atoms with van der Waals surface area (Å²) in [6.45, 7) is 0. The minimum absolute atomic E-state index is 0.330. The molecule has 0 aliphatic rings. The van der Waals surface area contributed by atoms with Crippen LogP contribution in [0.5, 0.6) is 11.5 Å². The number of nitrogens with one attached hydrogen (secondary N) is 1. The standard InChI is InChI=1S/C26H19BrN2O4/c1-32-21-13-8-19(9-14-21)26(31)33-24-15-10-17-4-2-3-5-22(17)23(24)16-28-29-25(30)18-6-11-20(27)12-7-18/h2-16H,1H3,(H,29,30)/b28-16+. The predicted octanol–water partition coefficient (Wildman–Crippen LogP) is 5.59. The maximum atomic E-state index is 12.7. The molecular formula is C26H19BrN2O4. The smallest absolute Gasteiger partial charge is 0.343 e. The highest BCUT2D eigenvalue weighted by Crippen LogP contribution is 2.27. The minimum Gasteiger partial charge on any atom is -0.497 e. The van der Waals surface area contributed by atoms with Gasteiger partial charge in [0.2, 0.25) is 0 Å². The number of hydrogen-bond donors (Lipinski definition) is 1. The van der Waals surface area contributed by atoms with Gasteiger partial charge >= 0.3 is 5.97 Å². The monoisotopic (exact) mass is 502 g/mol. The number of hydrogen-bond acceptors (Lipinski definition) is 5. The summed E-state index contributed by atoms with van der Waals surface area (Å²) in [4.78, 5) is 25.1. The lowest BCUT2D eigenvalue weighted by atomic mass is 10.0. The van der Waals surface area contributed by atoms with Crippen molar-refractivity contribution in [1.29, 1.82) is 0 Å². The molecule has 164 valence electrons. The van der Waals surface area contributed by atoms with E-state index in [0.717, 1.165) is 15.2 Å². The van der Waals surface area contributed by atoms with Gasteiger partial charge < -0.3 is 9.47 Å². The number of halogens is 1. The molecule has 0 unspecified atom stereocenters. The summed E-state index contributed by atoms with van der Waals surface area (Å²) in [5, 5.41) is 5.89. The molecule has 0 bridgehead atoms. The van der Waals surface area contributed by atoms with Gasteiger partial charge in [-0.2, -0.15) is 5.10 Å². The first kappa shape index (κ1) is 22.2. The van der Waals surface area contributed by atoms with Crippen LogP contribution in [0.3, 0.4) is 0 Å². The second kappa shape index (κ2) is 10.1.